The van der Waals surface area contributed by atoms with E-state index in [1.165, 1.54) is 0 Å². The number of hydrogen-bond donors (Lipinski definition) is 1. The number of nitrogens with one attached hydrogen (secondary N) is 1. The Labute approximate surface area is 162 Å². The van der Waals surface area contributed by atoms with E-state index in [0.29, 0.717) is 5.88 Å². The quantitative estimate of drug-likeness (QED) is 0.671. The third-order valence-electron chi connectivity index (χ3n) is 4.49. The van der Waals surface area contributed by atoms with Gasteiger partial charge in [-0.3, -0.25) is 5.10 Å². The number of hydrogen-bond acceptors (Lipinski definition) is 8. The van der Waals surface area contributed by atoms with Gasteiger partial charge in [0.05, 0.1) is 23.5 Å². The molecule has 0 unspecified atom stereocenters. The van der Waals surface area contributed by atoms with E-state index < -0.39 is 0 Å². The highest BCUT2D eigenvalue weighted by Gasteiger charge is 2.19. The summed E-state index contributed by atoms with van der Waals surface area (Å²) >= 11 is 1.79. The maximum atomic E-state index is 5.72. The van der Waals surface area contributed by atoms with Crippen LogP contribution >= 0.6 is 11.9 Å². The Hall–Kier alpha value is -2.39. The highest BCUT2D eigenvalue weighted by Crippen LogP contribution is 2.28. The molecule has 1 aliphatic rings. The number of rotatable bonds is 5. The van der Waals surface area contributed by atoms with Crippen molar-refractivity contribution in [2.75, 3.05) is 37.3 Å². The summed E-state index contributed by atoms with van der Waals surface area (Å²) in [7, 11) is 0. The first-order valence-corrected chi connectivity index (χ1v) is 10.2. The molecule has 3 aromatic rings. The van der Waals surface area contributed by atoms with Gasteiger partial charge in [-0.15, -0.1) is 0 Å². The molecule has 3 aromatic heterocycles. The molecule has 8 nitrogen and oxygen atoms in total. The van der Waals surface area contributed by atoms with Crippen molar-refractivity contribution in [1.29, 1.82) is 0 Å². The molecule has 0 aromatic carbocycles. The summed E-state index contributed by atoms with van der Waals surface area (Å²) in [5.74, 6) is 1.52. The highest BCUT2D eigenvalue weighted by atomic mass is 32.2. The fourth-order valence-electron chi connectivity index (χ4n) is 3.15. The van der Waals surface area contributed by atoms with Crippen LogP contribution in [0, 0.1) is 0 Å². The first kappa shape index (κ1) is 18.0. The van der Waals surface area contributed by atoms with Gasteiger partial charge >= 0.3 is 0 Å². The molecule has 0 saturated carbocycles. The fraction of sp³-hybridized carbons (Fsp3) is 0.444. The summed E-state index contributed by atoms with van der Waals surface area (Å²) in [4.78, 5) is 15.5. The number of H-pyrrole nitrogens is 1. The lowest BCUT2D eigenvalue weighted by atomic mass is 10.2. The van der Waals surface area contributed by atoms with E-state index in [0.717, 1.165) is 54.3 Å². The first-order chi connectivity index (χ1) is 13.1. The van der Waals surface area contributed by atoms with Crippen LogP contribution in [0.2, 0.25) is 0 Å². The van der Waals surface area contributed by atoms with Gasteiger partial charge < -0.3 is 9.64 Å². The Morgan fingerprint density at radius 3 is 2.67 bits per heavy atom. The molecule has 0 amide bonds. The molecule has 0 atom stereocenters. The number of piperazine rings is 1. The number of anilines is 1. The lowest BCUT2D eigenvalue weighted by molar-refractivity contribution is 0.233. The van der Waals surface area contributed by atoms with Crippen LogP contribution < -0.4 is 9.64 Å². The molecule has 0 aliphatic carbocycles. The second-order valence-corrected chi connectivity index (χ2v) is 7.55. The van der Waals surface area contributed by atoms with Gasteiger partial charge in [-0.2, -0.15) is 5.10 Å². The zero-order chi connectivity index (χ0) is 18.8. The fourth-order valence-corrected chi connectivity index (χ4v) is 3.68. The van der Waals surface area contributed by atoms with E-state index in [2.05, 4.69) is 40.6 Å². The average Bonchev–Trinajstić information content (AvgIpc) is 3.11. The van der Waals surface area contributed by atoms with Gasteiger partial charge in [0.15, 0.2) is 0 Å². The first-order valence-electron chi connectivity index (χ1n) is 9.01. The Bertz CT molecular complexity index is 921. The van der Waals surface area contributed by atoms with E-state index in [9.17, 15) is 0 Å². The zero-order valence-electron chi connectivity index (χ0n) is 15.7. The van der Waals surface area contributed by atoms with Crippen LogP contribution in [0.15, 0.2) is 24.7 Å². The van der Waals surface area contributed by atoms with Crippen molar-refractivity contribution in [3.8, 4) is 17.3 Å². The van der Waals surface area contributed by atoms with E-state index in [-0.39, 0.29) is 6.10 Å². The normalized spacial score (nSPS) is 15.6. The molecule has 9 heteroatoms. The Kier molecular flexibility index (Phi) is 5.13. The van der Waals surface area contributed by atoms with Gasteiger partial charge in [-0.1, -0.05) is 11.9 Å². The van der Waals surface area contributed by atoms with Crippen molar-refractivity contribution in [3.63, 3.8) is 0 Å². The van der Waals surface area contributed by atoms with Crippen molar-refractivity contribution >= 4 is 28.7 Å². The molecule has 1 saturated heterocycles. The molecule has 4 rings (SSSR count). The molecule has 27 heavy (non-hydrogen) atoms. The summed E-state index contributed by atoms with van der Waals surface area (Å²) in [5, 5.41) is 8.43. The predicted octanol–water partition coefficient (Wildman–Crippen LogP) is 2.60. The van der Waals surface area contributed by atoms with Crippen LogP contribution in [0.5, 0.6) is 5.88 Å². The summed E-state index contributed by atoms with van der Waals surface area (Å²) in [6, 6.07) is 3.92. The summed E-state index contributed by atoms with van der Waals surface area (Å²) in [5.41, 5.74) is 2.43. The summed E-state index contributed by atoms with van der Waals surface area (Å²) in [6.07, 6.45) is 5.54. The molecule has 142 valence electrons. The van der Waals surface area contributed by atoms with Crippen LogP contribution in [0.4, 0.5) is 5.82 Å². The minimum absolute atomic E-state index is 0.0657. The molecular formula is C18H23N7OS. The van der Waals surface area contributed by atoms with Gasteiger partial charge in [0.2, 0.25) is 5.88 Å². The van der Waals surface area contributed by atoms with E-state index in [1.54, 1.807) is 24.5 Å². The third-order valence-corrected chi connectivity index (χ3v) is 5.38. The molecular weight excluding hydrogens is 362 g/mol. The van der Waals surface area contributed by atoms with Gasteiger partial charge in [-0.05, 0) is 20.1 Å². The summed E-state index contributed by atoms with van der Waals surface area (Å²) in [6.45, 7) is 7.91. The average molecular weight is 385 g/mol. The van der Waals surface area contributed by atoms with Crippen LogP contribution in [-0.2, 0) is 0 Å². The van der Waals surface area contributed by atoms with E-state index in [1.807, 2.05) is 26.0 Å². The smallest absolute Gasteiger partial charge is 0.214 e. The monoisotopic (exact) mass is 385 g/mol. The van der Waals surface area contributed by atoms with E-state index in [4.69, 9.17) is 4.74 Å². The topological polar surface area (TPSA) is 83.1 Å². The third kappa shape index (κ3) is 3.84. The van der Waals surface area contributed by atoms with Gasteiger partial charge in [0.1, 0.15) is 17.8 Å². The van der Waals surface area contributed by atoms with Crippen LogP contribution in [-0.4, -0.2) is 68.0 Å². The molecule has 0 radical (unpaired) electrons. The minimum Gasteiger partial charge on any atom is -0.475 e. The van der Waals surface area contributed by atoms with Gasteiger partial charge in [-0.25, -0.2) is 19.3 Å². The number of aromatic nitrogens is 5. The largest absolute Gasteiger partial charge is 0.475 e. The molecule has 0 bridgehead atoms. The van der Waals surface area contributed by atoms with Crippen molar-refractivity contribution in [2.24, 2.45) is 0 Å². The van der Waals surface area contributed by atoms with Crippen molar-refractivity contribution in [2.45, 2.75) is 20.0 Å². The maximum absolute atomic E-state index is 5.72. The number of aromatic amines is 1. The van der Waals surface area contributed by atoms with Crippen LogP contribution in [0.3, 0.4) is 0 Å². The molecule has 1 N–H and O–H groups in total. The van der Waals surface area contributed by atoms with Crippen molar-refractivity contribution in [3.05, 3.63) is 24.7 Å². The standard InChI is InChI=1S/C18H23N7OS/c1-12(2)26-17-8-13-15(10-19-17)22-23-18(13)14-9-16(21-11-20-14)24-4-6-25(27-3)7-5-24/h8-12H,4-7H2,1-3H3,(H,22,23). The van der Waals surface area contributed by atoms with Crippen LogP contribution in [0.1, 0.15) is 13.8 Å². The van der Waals surface area contributed by atoms with Gasteiger partial charge in [0, 0.05) is 43.7 Å². The Morgan fingerprint density at radius 1 is 1.11 bits per heavy atom. The summed E-state index contributed by atoms with van der Waals surface area (Å²) < 4.78 is 8.09. The molecule has 1 aliphatic heterocycles. The maximum Gasteiger partial charge on any atom is 0.214 e. The second-order valence-electron chi connectivity index (χ2n) is 6.67. The minimum atomic E-state index is 0.0657. The lowest BCUT2D eigenvalue weighted by Gasteiger charge is -2.33. The number of fused-ring (bicyclic) bond motifs is 1. The van der Waals surface area contributed by atoms with Crippen LogP contribution in [0.25, 0.3) is 22.3 Å². The SMILES string of the molecule is CSN1CCN(c2cc(-c3n[nH]c4cnc(OC(C)C)cc34)ncn2)CC1. The predicted molar refractivity (Wildman–Crippen MR) is 108 cm³/mol. The molecule has 4 heterocycles. The van der Waals surface area contributed by atoms with E-state index >= 15 is 0 Å². The van der Waals surface area contributed by atoms with Crippen molar-refractivity contribution in [1.82, 2.24) is 29.5 Å². The Morgan fingerprint density at radius 2 is 1.93 bits per heavy atom. The molecule has 0 spiro atoms. The van der Waals surface area contributed by atoms with Gasteiger partial charge in [0.25, 0.3) is 0 Å². The zero-order valence-corrected chi connectivity index (χ0v) is 16.5. The number of nitrogens with zero attached hydrogens (tertiary/aromatic N) is 6. The number of pyridine rings is 1. The highest BCUT2D eigenvalue weighted by molar-refractivity contribution is 7.96. The lowest BCUT2D eigenvalue weighted by Crippen LogP contribution is -2.43. The molecule has 1 fully saturated rings. The number of ether oxygens (including phenoxy) is 1. The Balaban J connectivity index is 1.64. The second kappa shape index (κ2) is 7.69. The van der Waals surface area contributed by atoms with Crippen molar-refractivity contribution < 1.29 is 4.74 Å².